The highest BCUT2D eigenvalue weighted by atomic mass is 19.2. The standard InChI is InChI=1S/C23H24F2N2O4/c24-18-6-3-16(10-19(18)25)12-26-22(28)8-4-15-2-1-9-27(13-15)23(29)17-5-7-20-21(11-17)31-14-30-20/h3,5-7,10-11,15H,1-2,4,8-9,12-14H2,(H,26,28)/t15-/m1/s1. The number of carbonyl (C=O) groups is 2. The smallest absolute Gasteiger partial charge is 0.254 e. The molecule has 6 nitrogen and oxygen atoms in total. The molecule has 0 aliphatic carbocycles. The van der Waals surface area contributed by atoms with Crippen LogP contribution in [-0.2, 0) is 11.3 Å². The summed E-state index contributed by atoms with van der Waals surface area (Å²) < 4.78 is 36.9. The predicted molar refractivity (Wildman–Crippen MR) is 109 cm³/mol. The molecule has 0 spiro atoms. The van der Waals surface area contributed by atoms with Crippen LogP contribution in [0, 0.1) is 17.6 Å². The molecule has 1 N–H and O–H groups in total. The van der Waals surface area contributed by atoms with Gasteiger partial charge in [-0.15, -0.1) is 0 Å². The molecule has 2 aliphatic heterocycles. The maximum atomic E-state index is 13.3. The zero-order chi connectivity index (χ0) is 21.8. The first-order valence-electron chi connectivity index (χ1n) is 10.4. The molecule has 2 heterocycles. The maximum Gasteiger partial charge on any atom is 0.254 e. The van der Waals surface area contributed by atoms with Gasteiger partial charge in [0.1, 0.15) is 0 Å². The summed E-state index contributed by atoms with van der Waals surface area (Å²) in [6, 6.07) is 8.76. The van der Waals surface area contributed by atoms with Gasteiger partial charge in [-0.25, -0.2) is 8.78 Å². The van der Waals surface area contributed by atoms with Crippen LogP contribution in [0.5, 0.6) is 11.5 Å². The molecule has 2 aliphatic rings. The molecule has 1 saturated heterocycles. The van der Waals surface area contributed by atoms with Gasteiger partial charge in [0.15, 0.2) is 23.1 Å². The van der Waals surface area contributed by atoms with Crippen LogP contribution in [0.25, 0.3) is 0 Å². The number of ether oxygens (including phenoxy) is 2. The predicted octanol–water partition coefficient (Wildman–Crippen LogP) is 3.64. The normalized spacial score (nSPS) is 17.5. The molecule has 0 radical (unpaired) electrons. The Morgan fingerprint density at radius 3 is 2.74 bits per heavy atom. The number of fused-ring (bicyclic) bond motifs is 1. The zero-order valence-corrected chi connectivity index (χ0v) is 17.0. The van der Waals surface area contributed by atoms with Crippen molar-refractivity contribution in [3.63, 3.8) is 0 Å². The second-order valence-electron chi connectivity index (χ2n) is 7.89. The molecule has 0 aromatic heterocycles. The van der Waals surface area contributed by atoms with Crippen molar-refractivity contribution in [1.82, 2.24) is 10.2 Å². The van der Waals surface area contributed by atoms with Crippen molar-refractivity contribution in [3.8, 4) is 11.5 Å². The lowest BCUT2D eigenvalue weighted by atomic mass is 9.92. The summed E-state index contributed by atoms with van der Waals surface area (Å²) in [6.07, 6.45) is 2.83. The third kappa shape index (κ3) is 5.13. The van der Waals surface area contributed by atoms with Gasteiger partial charge in [0, 0.05) is 31.6 Å². The van der Waals surface area contributed by atoms with E-state index in [1.165, 1.54) is 6.07 Å². The van der Waals surface area contributed by atoms with Crippen molar-refractivity contribution in [2.45, 2.75) is 32.2 Å². The largest absolute Gasteiger partial charge is 0.454 e. The Hall–Kier alpha value is -3.16. The van der Waals surface area contributed by atoms with Gasteiger partial charge < -0.3 is 19.7 Å². The van der Waals surface area contributed by atoms with Crippen LogP contribution in [0.2, 0.25) is 0 Å². The number of likely N-dealkylation sites (tertiary alicyclic amines) is 1. The number of carbonyl (C=O) groups excluding carboxylic acids is 2. The lowest BCUT2D eigenvalue weighted by Crippen LogP contribution is -2.40. The monoisotopic (exact) mass is 430 g/mol. The average Bonchev–Trinajstić information content (AvgIpc) is 3.26. The third-order valence-corrected chi connectivity index (χ3v) is 5.68. The van der Waals surface area contributed by atoms with E-state index in [1.807, 2.05) is 4.90 Å². The fraction of sp³-hybridized carbons (Fsp3) is 0.391. The van der Waals surface area contributed by atoms with E-state index in [4.69, 9.17) is 9.47 Å². The molecule has 8 heteroatoms. The molecular weight excluding hydrogens is 406 g/mol. The number of nitrogens with zero attached hydrogens (tertiary/aromatic N) is 1. The molecule has 1 atom stereocenters. The minimum atomic E-state index is -0.929. The Balaban J connectivity index is 1.25. The summed E-state index contributed by atoms with van der Waals surface area (Å²) in [7, 11) is 0. The van der Waals surface area contributed by atoms with Gasteiger partial charge in [-0.1, -0.05) is 6.07 Å². The first-order valence-corrected chi connectivity index (χ1v) is 10.4. The Kier molecular flexibility index (Phi) is 6.34. The van der Waals surface area contributed by atoms with Crippen molar-refractivity contribution < 1.29 is 27.8 Å². The molecular formula is C23H24F2N2O4. The van der Waals surface area contributed by atoms with E-state index in [2.05, 4.69) is 5.32 Å². The second-order valence-corrected chi connectivity index (χ2v) is 7.89. The number of amides is 2. The van der Waals surface area contributed by atoms with E-state index < -0.39 is 11.6 Å². The number of nitrogens with one attached hydrogen (secondary N) is 1. The topological polar surface area (TPSA) is 67.9 Å². The van der Waals surface area contributed by atoms with Gasteiger partial charge in [0.05, 0.1) is 0 Å². The van der Waals surface area contributed by atoms with Crippen molar-refractivity contribution in [2.24, 2.45) is 5.92 Å². The maximum absolute atomic E-state index is 13.3. The summed E-state index contributed by atoms with van der Waals surface area (Å²) in [6.45, 7) is 1.60. The number of rotatable bonds is 6. The van der Waals surface area contributed by atoms with Crippen LogP contribution in [0.4, 0.5) is 8.78 Å². The SMILES string of the molecule is O=C(CC[C@H]1CCCN(C(=O)c2ccc3c(c2)OCO3)C1)NCc1ccc(F)c(F)c1. The van der Waals surface area contributed by atoms with Crippen LogP contribution < -0.4 is 14.8 Å². The van der Waals surface area contributed by atoms with Gasteiger partial charge >= 0.3 is 0 Å². The minimum Gasteiger partial charge on any atom is -0.454 e. The van der Waals surface area contributed by atoms with E-state index in [-0.39, 0.29) is 31.1 Å². The lowest BCUT2D eigenvalue weighted by Gasteiger charge is -2.33. The lowest BCUT2D eigenvalue weighted by molar-refractivity contribution is -0.121. The Morgan fingerprint density at radius 1 is 1.06 bits per heavy atom. The summed E-state index contributed by atoms with van der Waals surface area (Å²) in [4.78, 5) is 26.9. The highest BCUT2D eigenvalue weighted by molar-refractivity contribution is 5.95. The molecule has 0 saturated carbocycles. The molecule has 0 unspecified atom stereocenters. The molecule has 1 fully saturated rings. The van der Waals surface area contributed by atoms with Gasteiger partial charge in [0.2, 0.25) is 12.7 Å². The first kappa shape index (κ1) is 21.1. The Bertz CT molecular complexity index is 982. The summed E-state index contributed by atoms with van der Waals surface area (Å²) in [5.74, 6) is -0.580. The zero-order valence-electron chi connectivity index (χ0n) is 17.0. The molecule has 4 rings (SSSR count). The third-order valence-electron chi connectivity index (χ3n) is 5.68. The van der Waals surface area contributed by atoms with Gasteiger partial charge in [-0.2, -0.15) is 0 Å². The number of hydrogen-bond donors (Lipinski definition) is 1. The molecule has 2 aromatic rings. The van der Waals surface area contributed by atoms with Crippen LogP contribution in [0.3, 0.4) is 0 Å². The van der Waals surface area contributed by atoms with Crippen LogP contribution in [0.15, 0.2) is 36.4 Å². The van der Waals surface area contributed by atoms with Crippen LogP contribution in [-0.4, -0.2) is 36.6 Å². The van der Waals surface area contributed by atoms with Gasteiger partial charge in [-0.3, -0.25) is 9.59 Å². The van der Waals surface area contributed by atoms with E-state index in [9.17, 15) is 18.4 Å². The van der Waals surface area contributed by atoms with Crippen molar-refractivity contribution in [2.75, 3.05) is 19.9 Å². The molecule has 164 valence electrons. The highest BCUT2D eigenvalue weighted by Gasteiger charge is 2.26. The Labute approximate surface area is 179 Å². The fourth-order valence-corrected chi connectivity index (χ4v) is 3.97. The van der Waals surface area contributed by atoms with Crippen LogP contribution >= 0.6 is 0 Å². The average molecular weight is 430 g/mol. The second kappa shape index (κ2) is 9.32. The van der Waals surface area contributed by atoms with Crippen molar-refractivity contribution in [1.29, 1.82) is 0 Å². The van der Waals surface area contributed by atoms with Gasteiger partial charge in [0.25, 0.3) is 5.91 Å². The Morgan fingerprint density at radius 2 is 1.90 bits per heavy atom. The van der Waals surface area contributed by atoms with Crippen molar-refractivity contribution in [3.05, 3.63) is 59.2 Å². The first-order chi connectivity index (χ1) is 15.0. The van der Waals surface area contributed by atoms with E-state index in [0.29, 0.717) is 48.6 Å². The highest BCUT2D eigenvalue weighted by Crippen LogP contribution is 2.33. The number of piperidine rings is 1. The van der Waals surface area contributed by atoms with Gasteiger partial charge in [-0.05, 0) is 61.1 Å². The molecule has 2 amide bonds. The summed E-state index contributed by atoms with van der Waals surface area (Å²) >= 11 is 0. The summed E-state index contributed by atoms with van der Waals surface area (Å²) in [5.41, 5.74) is 1.07. The minimum absolute atomic E-state index is 0.0502. The molecule has 2 aromatic carbocycles. The van der Waals surface area contributed by atoms with Crippen LogP contribution in [0.1, 0.15) is 41.6 Å². The van der Waals surface area contributed by atoms with E-state index in [1.54, 1.807) is 18.2 Å². The molecule has 0 bridgehead atoms. The molecule has 31 heavy (non-hydrogen) atoms. The van der Waals surface area contributed by atoms with E-state index >= 15 is 0 Å². The number of benzene rings is 2. The fourth-order valence-electron chi connectivity index (χ4n) is 3.97. The van der Waals surface area contributed by atoms with E-state index in [0.717, 1.165) is 25.0 Å². The summed E-state index contributed by atoms with van der Waals surface area (Å²) in [5, 5.41) is 2.73. The number of halogens is 2. The quantitative estimate of drug-likeness (QED) is 0.760. The van der Waals surface area contributed by atoms with Crippen molar-refractivity contribution >= 4 is 11.8 Å². The number of hydrogen-bond acceptors (Lipinski definition) is 4.